The van der Waals surface area contributed by atoms with E-state index in [-0.39, 0.29) is 29.8 Å². The molecule has 1 aromatic carbocycles. The van der Waals surface area contributed by atoms with Crippen molar-refractivity contribution in [1.82, 2.24) is 0 Å². The van der Waals surface area contributed by atoms with Gasteiger partial charge in [-0.3, -0.25) is 9.59 Å². The average Bonchev–Trinajstić information content (AvgIpc) is 2.49. The fourth-order valence-corrected chi connectivity index (χ4v) is 2.10. The van der Waals surface area contributed by atoms with Gasteiger partial charge in [0.15, 0.2) is 0 Å². The Morgan fingerprint density at radius 2 is 1.86 bits per heavy atom. The summed E-state index contributed by atoms with van der Waals surface area (Å²) in [6, 6.07) is 3.90. The van der Waals surface area contributed by atoms with Crippen molar-refractivity contribution in [3.8, 4) is 0 Å². The topological polar surface area (TPSA) is 84.2 Å². The van der Waals surface area contributed by atoms with Crippen molar-refractivity contribution in [3.63, 3.8) is 0 Å². The Morgan fingerprint density at radius 3 is 2.45 bits per heavy atom. The monoisotopic (exact) mass is 309 g/mol. The van der Waals surface area contributed by atoms with Crippen LogP contribution >= 0.6 is 0 Å². The van der Waals surface area contributed by atoms with E-state index in [2.05, 4.69) is 10.6 Å². The van der Waals surface area contributed by atoms with E-state index in [1.807, 2.05) is 13.8 Å². The van der Waals surface area contributed by atoms with E-state index in [4.69, 9.17) is 5.73 Å². The van der Waals surface area contributed by atoms with Crippen LogP contribution in [-0.4, -0.2) is 18.4 Å². The quantitative estimate of drug-likeness (QED) is 0.690. The summed E-state index contributed by atoms with van der Waals surface area (Å²) in [5, 5.41) is 5.37. The van der Waals surface area contributed by atoms with E-state index >= 15 is 0 Å². The minimum atomic E-state index is -0.477. The Morgan fingerprint density at radius 1 is 1.18 bits per heavy atom. The zero-order valence-electron chi connectivity index (χ0n) is 13.1. The van der Waals surface area contributed by atoms with Crippen LogP contribution in [-0.2, 0) is 9.59 Å². The minimum Gasteiger partial charge on any atom is -0.330 e. The number of carbonyl (C=O) groups excluding carboxylic acids is 2. The molecule has 22 heavy (non-hydrogen) atoms. The van der Waals surface area contributed by atoms with Gasteiger partial charge in [0, 0.05) is 12.3 Å². The molecule has 0 aliphatic heterocycles. The van der Waals surface area contributed by atoms with Gasteiger partial charge in [0.25, 0.3) is 0 Å². The van der Waals surface area contributed by atoms with Crippen molar-refractivity contribution in [2.45, 2.75) is 39.5 Å². The van der Waals surface area contributed by atoms with Crippen molar-refractivity contribution in [1.29, 1.82) is 0 Å². The first-order valence-corrected chi connectivity index (χ1v) is 7.62. The van der Waals surface area contributed by atoms with Crippen molar-refractivity contribution < 1.29 is 14.0 Å². The molecule has 0 spiro atoms. The van der Waals surface area contributed by atoms with Crippen LogP contribution in [0.4, 0.5) is 15.8 Å². The molecule has 1 rings (SSSR count). The average molecular weight is 309 g/mol. The van der Waals surface area contributed by atoms with E-state index in [1.165, 1.54) is 18.2 Å². The molecule has 122 valence electrons. The van der Waals surface area contributed by atoms with Gasteiger partial charge in [0.1, 0.15) is 5.82 Å². The maximum atomic E-state index is 13.4. The van der Waals surface area contributed by atoms with Crippen LogP contribution in [0.3, 0.4) is 0 Å². The zero-order chi connectivity index (χ0) is 16.5. The highest BCUT2D eigenvalue weighted by molar-refractivity contribution is 6.00. The largest absolute Gasteiger partial charge is 0.330 e. The first kappa shape index (κ1) is 18.1. The number of hydrogen-bond donors (Lipinski definition) is 3. The van der Waals surface area contributed by atoms with E-state index in [1.54, 1.807) is 0 Å². The predicted molar refractivity (Wildman–Crippen MR) is 86.0 cm³/mol. The maximum Gasteiger partial charge on any atom is 0.227 e. The van der Waals surface area contributed by atoms with E-state index in [0.717, 1.165) is 12.8 Å². The lowest BCUT2D eigenvalue weighted by Crippen LogP contribution is -2.23. The Labute approximate surface area is 130 Å². The molecule has 0 aliphatic carbocycles. The molecule has 0 saturated carbocycles. The Balaban J connectivity index is 2.86. The fraction of sp³-hybridized carbons (Fsp3) is 0.500. The molecule has 0 aliphatic rings. The molecule has 5 nitrogen and oxygen atoms in total. The van der Waals surface area contributed by atoms with E-state index < -0.39 is 5.82 Å². The molecule has 0 bridgehead atoms. The van der Waals surface area contributed by atoms with Crippen LogP contribution in [0.25, 0.3) is 0 Å². The molecule has 1 aromatic rings. The van der Waals surface area contributed by atoms with Gasteiger partial charge in [0.2, 0.25) is 11.8 Å². The van der Waals surface area contributed by atoms with Crippen LogP contribution < -0.4 is 16.4 Å². The normalized spacial score (nSPS) is 10.6. The highest BCUT2D eigenvalue weighted by atomic mass is 19.1. The molecule has 0 atom stereocenters. The van der Waals surface area contributed by atoms with Crippen LogP contribution in [0.15, 0.2) is 18.2 Å². The second-order valence-electron chi connectivity index (χ2n) is 5.13. The summed E-state index contributed by atoms with van der Waals surface area (Å²) in [5.41, 5.74) is 6.02. The third kappa shape index (κ3) is 5.44. The van der Waals surface area contributed by atoms with Gasteiger partial charge in [-0.05, 0) is 44.0 Å². The summed E-state index contributed by atoms with van der Waals surface area (Å²) in [6.45, 7) is 4.29. The molecule has 0 saturated heterocycles. The molecular weight excluding hydrogens is 285 g/mol. The molecule has 0 aromatic heterocycles. The van der Waals surface area contributed by atoms with Crippen molar-refractivity contribution in [2.75, 3.05) is 17.2 Å². The number of nitrogens with two attached hydrogens (primary N) is 1. The Bertz CT molecular complexity index is 516. The summed E-state index contributed by atoms with van der Waals surface area (Å²) in [5.74, 6) is -0.969. The van der Waals surface area contributed by atoms with Gasteiger partial charge >= 0.3 is 0 Å². The van der Waals surface area contributed by atoms with Crippen LogP contribution in [0.2, 0.25) is 0 Å². The number of hydrogen-bond acceptors (Lipinski definition) is 3. The molecule has 0 fully saturated rings. The lowest BCUT2D eigenvalue weighted by Gasteiger charge is -2.16. The SMILES string of the molecule is CCC(CC)C(=O)Nc1ccc(F)cc1NC(=O)CCCN. The first-order valence-electron chi connectivity index (χ1n) is 7.62. The maximum absolute atomic E-state index is 13.4. The molecule has 2 amide bonds. The van der Waals surface area contributed by atoms with Gasteiger partial charge < -0.3 is 16.4 Å². The fourth-order valence-electron chi connectivity index (χ4n) is 2.10. The summed E-state index contributed by atoms with van der Waals surface area (Å²) in [4.78, 5) is 23.9. The van der Waals surface area contributed by atoms with Crippen LogP contribution in [0, 0.1) is 11.7 Å². The highest BCUT2D eigenvalue weighted by Gasteiger charge is 2.16. The summed E-state index contributed by atoms with van der Waals surface area (Å²) < 4.78 is 13.4. The summed E-state index contributed by atoms with van der Waals surface area (Å²) in [6.07, 6.45) is 2.26. The Kier molecular flexibility index (Phi) is 7.52. The number of carbonyl (C=O) groups is 2. The van der Waals surface area contributed by atoms with Gasteiger partial charge in [-0.1, -0.05) is 13.8 Å². The molecule has 4 N–H and O–H groups in total. The molecule has 0 radical (unpaired) electrons. The van der Waals surface area contributed by atoms with Gasteiger partial charge in [-0.15, -0.1) is 0 Å². The lowest BCUT2D eigenvalue weighted by atomic mass is 10.0. The van der Waals surface area contributed by atoms with Crippen LogP contribution in [0.5, 0.6) is 0 Å². The Hall–Kier alpha value is -1.95. The standard InChI is InChI=1S/C16H24FN3O2/c1-3-11(4-2)16(22)20-13-8-7-12(17)10-14(13)19-15(21)6-5-9-18/h7-8,10-11H,3-6,9,18H2,1-2H3,(H,19,21)(H,20,22). The van der Waals surface area contributed by atoms with Crippen molar-refractivity contribution in [3.05, 3.63) is 24.0 Å². The van der Waals surface area contributed by atoms with Crippen LogP contribution in [0.1, 0.15) is 39.5 Å². The smallest absolute Gasteiger partial charge is 0.227 e. The van der Waals surface area contributed by atoms with Crippen molar-refractivity contribution in [2.24, 2.45) is 11.7 Å². The third-order valence-corrected chi connectivity index (χ3v) is 3.48. The van der Waals surface area contributed by atoms with Gasteiger partial charge in [-0.25, -0.2) is 4.39 Å². The number of halogens is 1. The molecular formula is C16H24FN3O2. The lowest BCUT2D eigenvalue weighted by molar-refractivity contribution is -0.120. The molecule has 6 heteroatoms. The second-order valence-corrected chi connectivity index (χ2v) is 5.13. The minimum absolute atomic E-state index is 0.106. The number of benzene rings is 1. The second kappa shape index (κ2) is 9.15. The number of amides is 2. The van der Waals surface area contributed by atoms with Gasteiger partial charge in [-0.2, -0.15) is 0 Å². The third-order valence-electron chi connectivity index (χ3n) is 3.48. The summed E-state index contributed by atoms with van der Waals surface area (Å²) in [7, 11) is 0. The van der Waals surface area contributed by atoms with Crippen molar-refractivity contribution >= 4 is 23.2 Å². The first-order chi connectivity index (χ1) is 10.5. The summed E-state index contributed by atoms with van der Waals surface area (Å²) >= 11 is 0. The van der Waals surface area contributed by atoms with E-state index in [0.29, 0.717) is 18.7 Å². The van der Waals surface area contributed by atoms with Gasteiger partial charge in [0.05, 0.1) is 11.4 Å². The van der Waals surface area contributed by atoms with E-state index in [9.17, 15) is 14.0 Å². The molecule has 0 heterocycles. The number of nitrogens with one attached hydrogen (secondary N) is 2. The highest BCUT2D eigenvalue weighted by Crippen LogP contribution is 2.24. The molecule has 0 unspecified atom stereocenters. The predicted octanol–water partition coefficient (Wildman–Crippen LogP) is 2.88. The number of rotatable bonds is 8. The zero-order valence-corrected chi connectivity index (χ0v) is 13.1. The number of anilines is 2.